The molecule has 2 amide bonds. The molecular formula is C24H45N3O2. The summed E-state index contributed by atoms with van der Waals surface area (Å²) in [6, 6.07) is 0.201. The van der Waals surface area contributed by atoms with Gasteiger partial charge in [0.15, 0.2) is 0 Å². The van der Waals surface area contributed by atoms with Gasteiger partial charge in [0.2, 0.25) is 11.8 Å². The van der Waals surface area contributed by atoms with Crippen LogP contribution in [0, 0.1) is 0 Å². The molecule has 2 unspecified atom stereocenters. The number of nitrogens with zero attached hydrogens (tertiary/aromatic N) is 1. The molecule has 0 heterocycles. The van der Waals surface area contributed by atoms with Crippen molar-refractivity contribution in [3.63, 3.8) is 0 Å². The lowest BCUT2D eigenvalue weighted by Gasteiger charge is -2.28. The minimum atomic E-state index is 0.100. The fourth-order valence-electron chi connectivity index (χ4n) is 3.39. The molecule has 168 valence electrons. The van der Waals surface area contributed by atoms with Crippen LogP contribution in [0.2, 0.25) is 0 Å². The minimum Gasteiger partial charge on any atom is -0.352 e. The first-order chi connectivity index (χ1) is 13.9. The predicted octanol–water partition coefficient (Wildman–Crippen LogP) is 4.59. The molecule has 29 heavy (non-hydrogen) atoms. The van der Waals surface area contributed by atoms with E-state index in [0.717, 1.165) is 71.0 Å². The summed E-state index contributed by atoms with van der Waals surface area (Å²) < 4.78 is 0. The Morgan fingerprint density at radius 2 is 1.21 bits per heavy atom. The summed E-state index contributed by atoms with van der Waals surface area (Å²) >= 11 is 0. The number of hydrogen-bond donors (Lipinski definition) is 2. The van der Waals surface area contributed by atoms with Crippen molar-refractivity contribution in [2.75, 3.05) is 19.6 Å². The van der Waals surface area contributed by atoms with E-state index in [-0.39, 0.29) is 23.9 Å². The van der Waals surface area contributed by atoms with Crippen LogP contribution in [0.3, 0.4) is 0 Å². The number of hydrogen-bond acceptors (Lipinski definition) is 3. The van der Waals surface area contributed by atoms with E-state index in [1.54, 1.807) is 0 Å². The lowest BCUT2D eigenvalue weighted by molar-refractivity contribution is -0.122. The Balaban J connectivity index is 4.04. The van der Waals surface area contributed by atoms with Gasteiger partial charge in [0, 0.05) is 38.0 Å². The molecule has 0 saturated carbocycles. The third-order valence-electron chi connectivity index (χ3n) is 4.95. The average molecular weight is 408 g/mol. The fraction of sp³-hybridized carbons (Fsp3) is 0.750. The first kappa shape index (κ1) is 27.4. The van der Waals surface area contributed by atoms with Crippen molar-refractivity contribution in [2.24, 2.45) is 0 Å². The molecule has 0 radical (unpaired) electrons. The lowest BCUT2D eigenvalue weighted by atomic mass is 10.1. The molecule has 0 aliphatic rings. The number of rotatable bonds is 19. The number of amides is 2. The van der Waals surface area contributed by atoms with Crippen molar-refractivity contribution in [2.45, 2.75) is 97.1 Å². The first-order valence-corrected chi connectivity index (χ1v) is 11.5. The third kappa shape index (κ3) is 17.0. The van der Waals surface area contributed by atoms with Crippen molar-refractivity contribution in [3.8, 4) is 0 Å². The van der Waals surface area contributed by atoms with Gasteiger partial charge in [-0.3, -0.25) is 14.5 Å². The monoisotopic (exact) mass is 407 g/mol. The van der Waals surface area contributed by atoms with Gasteiger partial charge in [0.25, 0.3) is 0 Å². The molecule has 0 aromatic rings. The van der Waals surface area contributed by atoms with Crippen molar-refractivity contribution < 1.29 is 9.59 Å². The second-order valence-corrected chi connectivity index (χ2v) is 8.07. The largest absolute Gasteiger partial charge is 0.352 e. The van der Waals surface area contributed by atoms with Crippen molar-refractivity contribution in [1.29, 1.82) is 0 Å². The summed E-state index contributed by atoms with van der Waals surface area (Å²) in [5.41, 5.74) is 0. The highest BCUT2D eigenvalue weighted by atomic mass is 16.2. The summed E-state index contributed by atoms with van der Waals surface area (Å²) in [5, 5.41) is 6.20. The third-order valence-corrected chi connectivity index (χ3v) is 4.95. The van der Waals surface area contributed by atoms with Gasteiger partial charge >= 0.3 is 0 Å². The van der Waals surface area contributed by atoms with Crippen LogP contribution in [0.15, 0.2) is 25.3 Å². The molecule has 2 N–H and O–H groups in total. The van der Waals surface area contributed by atoms with Gasteiger partial charge in [-0.15, -0.1) is 13.2 Å². The molecule has 0 bridgehead atoms. The number of carbonyl (C=O) groups excluding carboxylic acids is 2. The van der Waals surface area contributed by atoms with E-state index in [2.05, 4.69) is 35.6 Å². The number of allylic oxidation sites excluding steroid dienone is 2. The smallest absolute Gasteiger partial charge is 0.220 e. The summed E-state index contributed by atoms with van der Waals surface area (Å²) in [5.74, 6) is 0.259. The van der Waals surface area contributed by atoms with E-state index in [1.165, 1.54) is 0 Å². The molecule has 0 saturated heterocycles. The van der Waals surface area contributed by atoms with Crippen LogP contribution in [0.4, 0.5) is 0 Å². The maximum absolute atomic E-state index is 12.1. The van der Waals surface area contributed by atoms with Gasteiger partial charge in [-0.25, -0.2) is 0 Å². The molecule has 0 aromatic heterocycles. The van der Waals surface area contributed by atoms with Crippen LogP contribution in [0.1, 0.15) is 85.0 Å². The Morgan fingerprint density at radius 3 is 1.55 bits per heavy atom. The highest BCUT2D eigenvalue weighted by Crippen LogP contribution is 2.05. The summed E-state index contributed by atoms with van der Waals surface area (Å²) in [4.78, 5) is 26.4. The zero-order valence-electron chi connectivity index (χ0n) is 19.2. The lowest BCUT2D eigenvalue weighted by Crippen LogP contribution is -2.47. The zero-order valence-corrected chi connectivity index (χ0v) is 19.2. The van der Waals surface area contributed by atoms with E-state index in [4.69, 9.17) is 0 Å². The molecule has 5 nitrogen and oxygen atoms in total. The van der Waals surface area contributed by atoms with Crippen molar-refractivity contribution in [1.82, 2.24) is 15.5 Å². The van der Waals surface area contributed by atoms with Gasteiger partial charge < -0.3 is 10.6 Å². The SMILES string of the molecule is C=CCCCCCC(=O)NC(C)CN(CC)CC(C)NC(=O)CCCCCC=C. The molecular weight excluding hydrogens is 362 g/mol. The van der Waals surface area contributed by atoms with Crippen LogP contribution in [-0.4, -0.2) is 48.4 Å². The van der Waals surface area contributed by atoms with Crippen LogP contribution in [-0.2, 0) is 9.59 Å². The zero-order chi connectivity index (χ0) is 21.9. The van der Waals surface area contributed by atoms with Gasteiger partial charge in [-0.1, -0.05) is 31.9 Å². The van der Waals surface area contributed by atoms with Crippen molar-refractivity contribution >= 4 is 11.8 Å². The maximum Gasteiger partial charge on any atom is 0.220 e. The Bertz CT molecular complexity index is 425. The van der Waals surface area contributed by atoms with E-state index in [1.807, 2.05) is 26.0 Å². The van der Waals surface area contributed by atoms with Crippen LogP contribution >= 0.6 is 0 Å². The van der Waals surface area contributed by atoms with Gasteiger partial charge in [-0.05, 0) is 58.9 Å². The number of nitrogens with one attached hydrogen (secondary N) is 2. The van der Waals surface area contributed by atoms with Crippen LogP contribution in [0.25, 0.3) is 0 Å². The number of unbranched alkanes of at least 4 members (excludes halogenated alkanes) is 6. The molecule has 0 spiro atoms. The Morgan fingerprint density at radius 1 is 0.793 bits per heavy atom. The average Bonchev–Trinajstić information content (AvgIpc) is 2.66. The molecule has 0 aliphatic carbocycles. The van der Waals surface area contributed by atoms with Crippen molar-refractivity contribution in [3.05, 3.63) is 25.3 Å². The van der Waals surface area contributed by atoms with Gasteiger partial charge in [0.05, 0.1) is 0 Å². The minimum absolute atomic E-state index is 0.100. The summed E-state index contributed by atoms with van der Waals surface area (Å²) in [6.45, 7) is 16.1. The predicted molar refractivity (Wildman–Crippen MR) is 124 cm³/mol. The first-order valence-electron chi connectivity index (χ1n) is 11.5. The summed E-state index contributed by atoms with van der Waals surface area (Å²) in [6.07, 6.45) is 13.3. The van der Waals surface area contributed by atoms with Gasteiger partial charge in [-0.2, -0.15) is 0 Å². The maximum atomic E-state index is 12.1. The van der Waals surface area contributed by atoms with E-state index in [9.17, 15) is 9.59 Å². The highest BCUT2D eigenvalue weighted by Gasteiger charge is 2.15. The van der Waals surface area contributed by atoms with E-state index >= 15 is 0 Å². The van der Waals surface area contributed by atoms with Gasteiger partial charge in [0.1, 0.15) is 0 Å². The van der Waals surface area contributed by atoms with Crippen LogP contribution < -0.4 is 10.6 Å². The molecule has 0 aromatic carbocycles. The quantitative estimate of drug-likeness (QED) is 0.243. The number of likely N-dealkylation sites (N-methyl/N-ethyl adjacent to an activating group) is 1. The van der Waals surface area contributed by atoms with E-state index < -0.39 is 0 Å². The molecule has 5 heteroatoms. The molecule has 2 atom stereocenters. The molecule has 0 rings (SSSR count). The number of carbonyl (C=O) groups is 2. The Hall–Kier alpha value is -1.62. The second kappa shape index (κ2) is 18.4. The summed E-state index contributed by atoms with van der Waals surface area (Å²) in [7, 11) is 0. The Kier molecular flexibility index (Phi) is 17.4. The second-order valence-electron chi connectivity index (χ2n) is 8.07. The fourth-order valence-corrected chi connectivity index (χ4v) is 3.39. The topological polar surface area (TPSA) is 61.4 Å². The van der Waals surface area contributed by atoms with E-state index in [0.29, 0.717) is 12.8 Å². The standard InChI is InChI=1S/C24H45N3O2/c1-6-9-11-13-15-17-23(28)25-21(4)19-27(8-3)20-22(5)26-24(29)18-16-14-12-10-7-2/h6-7,21-22H,1-2,8-20H2,3-5H3,(H,25,28)(H,26,29). The van der Waals surface area contributed by atoms with Crippen LogP contribution in [0.5, 0.6) is 0 Å². The normalized spacial score (nSPS) is 13.0. The highest BCUT2D eigenvalue weighted by molar-refractivity contribution is 5.76. The molecule has 0 fully saturated rings. The Labute approximate surface area is 179 Å². The molecule has 0 aliphatic heterocycles.